The molecule has 0 spiro atoms. The summed E-state index contributed by atoms with van der Waals surface area (Å²) < 4.78 is 59.5. The topological polar surface area (TPSA) is 58.6 Å². The van der Waals surface area contributed by atoms with E-state index in [1.54, 1.807) is 11.8 Å². The van der Waals surface area contributed by atoms with Crippen LogP contribution in [0.4, 0.5) is 22.6 Å². The number of carbonyl (C=O) groups is 2. The predicted molar refractivity (Wildman–Crippen MR) is 97.4 cm³/mol. The van der Waals surface area contributed by atoms with Crippen LogP contribution in [0.3, 0.4) is 0 Å². The van der Waals surface area contributed by atoms with Crippen LogP contribution in [0, 0.1) is 5.82 Å². The van der Waals surface area contributed by atoms with Crippen molar-refractivity contribution in [3.8, 4) is 0 Å². The van der Waals surface area contributed by atoms with Gasteiger partial charge in [-0.1, -0.05) is 6.07 Å². The number of rotatable bonds is 3. The lowest BCUT2D eigenvalue weighted by atomic mass is 10.0. The molecule has 154 valence electrons. The zero-order valence-electron chi connectivity index (χ0n) is 15.2. The number of amides is 2. The van der Waals surface area contributed by atoms with Crippen molar-refractivity contribution < 1.29 is 31.9 Å². The number of halogens is 4. The SMILES string of the molecule is CC1OCc2sc(NC(=O)c3c(F)cccc3C(F)(F)F)c(C(=O)N3CCC3)c21. The fraction of sp³-hybridized carbons (Fsp3) is 0.368. The minimum absolute atomic E-state index is 0.114. The molecule has 5 nitrogen and oxygen atoms in total. The molecule has 1 unspecified atom stereocenters. The molecule has 0 aliphatic carbocycles. The van der Waals surface area contributed by atoms with Gasteiger partial charge in [0.25, 0.3) is 11.8 Å². The second-order valence-electron chi connectivity index (χ2n) is 6.86. The van der Waals surface area contributed by atoms with Gasteiger partial charge in [0.2, 0.25) is 0 Å². The van der Waals surface area contributed by atoms with Crippen molar-refractivity contribution in [2.75, 3.05) is 18.4 Å². The Bertz CT molecular complexity index is 998. The maximum Gasteiger partial charge on any atom is 0.417 e. The summed E-state index contributed by atoms with van der Waals surface area (Å²) in [6.45, 7) is 3.13. The van der Waals surface area contributed by atoms with Crippen LogP contribution in [-0.4, -0.2) is 29.8 Å². The van der Waals surface area contributed by atoms with Crippen LogP contribution in [0.25, 0.3) is 0 Å². The molecule has 1 atom stereocenters. The minimum Gasteiger partial charge on any atom is -0.368 e. The van der Waals surface area contributed by atoms with Crippen molar-refractivity contribution >= 4 is 28.2 Å². The first-order valence-corrected chi connectivity index (χ1v) is 9.73. The molecule has 2 aromatic rings. The first kappa shape index (κ1) is 19.8. The molecule has 3 heterocycles. The second kappa shape index (κ2) is 7.10. The summed E-state index contributed by atoms with van der Waals surface area (Å²) in [4.78, 5) is 27.8. The molecule has 2 aliphatic rings. The predicted octanol–water partition coefficient (Wildman–Crippen LogP) is 4.60. The average Bonchev–Trinajstić information content (AvgIpc) is 3.11. The highest BCUT2D eigenvalue weighted by molar-refractivity contribution is 7.17. The molecule has 2 amide bonds. The number of carbonyl (C=O) groups excluding carboxylic acids is 2. The summed E-state index contributed by atoms with van der Waals surface area (Å²) in [5, 5.41) is 2.46. The summed E-state index contributed by atoms with van der Waals surface area (Å²) in [5.41, 5.74) is -1.62. The number of ether oxygens (including phenoxy) is 1. The maximum atomic E-state index is 14.2. The van der Waals surface area contributed by atoms with Crippen molar-refractivity contribution in [2.45, 2.75) is 32.2 Å². The Hall–Kier alpha value is -2.46. The van der Waals surface area contributed by atoms with E-state index in [9.17, 15) is 27.2 Å². The van der Waals surface area contributed by atoms with Crippen LogP contribution >= 0.6 is 11.3 Å². The zero-order valence-corrected chi connectivity index (χ0v) is 16.0. The number of benzene rings is 1. The van der Waals surface area contributed by atoms with Gasteiger partial charge in [-0.2, -0.15) is 13.2 Å². The monoisotopic (exact) mass is 428 g/mol. The molecule has 0 bridgehead atoms. The molecule has 2 aliphatic heterocycles. The van der Waals surface area contributed by atoms with Crippen LogP contribution < -0.4 is 5.32 Å². The van der Waals surface area contributed by atoms with Gasteiger partial charge >= 0.3 is 6.18 Å². The van der Waals surface area contributed by atoms with Crippen LogP contribution in [-0.2, 0) is 17.5 Å². The lowest BCUT2D eigenvalue weighted by Crippen LogP contribution is -2.42. The number of thiophene rings is 1. The van der Waals surface area contributed by atoms with E-state index in [2.05, 4.69) is 5.32 Å². The fourth-order valence-corrected chi connectivity index (χ4v) is 4.64. The van der Waals surface area contributed by atoms with Crippen LogP contribution in [0.1, 0.15) is 56.2 Å². The standard InChI is InChI=1S/C19H16F4N2O3S/c1-9-13-12(8-28-9)29-17(15(13)18(27)25-6-3-7-25)24-16(26)14-10(19(21,22)23)4-2-5-11(14)20/h2,4-5,9H,3,6-8H2,1H3,(H,24,26). The molecular formula is C19H16F4N2O3S. The molecular weight excluding hydrogens is 412 g/mol. The summed E-state index contributed by atoms with van der Waals surface area (Å²) >= 11 is 1.07. The van der Waals surface area contributed by atoms with Gasteiger partial charge in [0.15, 0.2) is 0 Å². The largest absolute Gasteiger partial charge is 0.417 e. The molecule has 4 rings (SSSR count). The van der Waals surface area contributed by atoms with Crippen molar-refractivity contribution in [3.63, 3.8) is 0 Å². The van der Waals surface area contributed by atoms with E-state index in [1.807, 2.05) is 0 Å². The quantitative estimate of drug-likeness (QED) is 0.728. The number of hydrogen-bond donors (Lipinski definition) is 1. The molecule has 1 saturated heterocycles. The van der Waals surface area contributed by atoms with E-state index in [1.165, 1.54) is 0 Å². The third kappa shape index (κ3) is 3.40. The van der Waals surface area contributed by atoms with Gasteiger partial charge < -0.3 is 15.0 Å². The Balaban J connectivity index is 1.74. The van der Waals surface area contributed by atoms with E-state index in [0.717, 1.165) is 34.8 Å². The Morgan fingerprint density at radius 2 is 1.97 bits per heavy atom. The van der Waals surface area contributed by atoms with Gasteiger partial charge in [-0.25, -0.2) is 4.39 Å². The number of nitrogens with one attached hydrogen (secondary N) is 1. The third-order valence-electron chi connectivity index (χ3n) is 5.02. The van der Waals surface area contributed by atoms with Crippen molar-refractivity contribution in [3.05, 3.63) is 51.1 Å². The van der Waals surface area contributed by atoms with E-state index in [0.29, 0.717) is 24.7 Å². The normalized spacial score (nSPS) is 18.4. The second-order valence-corrected chi connectivity index (χ2v) is 7.96. The number of likely N-dealkylation sites (tertiary alicyclic amines) is 1. The number of anilines is 1. The molecule has 1 aromatic carbocycles. The van der Waals surface area contributed by atoms with Gasteiger partial charge in [-0.15, -0.1) is 11.3 Å². The van der Waals surface area contributed by atoms with E-state index >= 15 is 0 Å². The first-order chi connectivity index (χ1) is 13.7. The highest BCUT2D eigenvalue weighted by Gasteiger charge is 2.39. The number of alkyl halides is 3. The van der Waals surface area contributed by atoms with Crippen LogP contribution in [0.2, 0.25) is 0 Å². The van der Waals surface area contributed by atoms with Gasteiger partial charge in [0, 0.05) is 23.5 Å². The molecule has 29 heavy (non-hydrogen) atoms. The molecule has 1 fully saturated rings. The molecule has 10 heteroatoms. The Kier molecular flexibility index (Phi) is 4.86. The van der Waals surface area contributed by atoms with Crippen LogP contribution in [0.15, 0.2) is 18.2 Å². The maximum absolute atomic E-state index is 14.2. The zero-order chi connectivity index (χ0) is 20.9. The van der Waals surface area contributed by atoms with Crippen LogP contribution in [0.5, 0.6) is 0 Å². The fourth-order valence-electron chi connectivity index (χ4n) is 3.45. The van der Waals surface area contributed by atoms with Gasteiger partial charge in [0.05, 0.1) is 29.4 Å². The highest BCUT2D eigenvalue weighted by atomic mass is 32.1. The Morgan fingerprint density at radius 3 is 2.59 bits per heavy atom. The summed E-state index contributed by atoms with van der Waals surface area (Å²) in [7, 11) is 0. The number of fused-ring (bicyclic) bond motifs is 1. The van der Waals surface area contributed by atoms with E-state index in [-0.39, 0.29) is 29.2 Å². The highest BCUT2D eigenvalue weighted by Crippen LogP contribution is 2.44. The average molecular weight is 428 g/mol. The van der Waals surface area contributed by atoms with Crippen molar-refractivity contribution in [1.29, 1.82) is 0 Å². The number of hydrogen-bond acceptors (Lipinski definition) is 4. The van der Waals surface area contributed by atoms with Gasteiger partial charge in [-0.05, 0) is 25.5 Å². The summed E-state index contributed by atoms with van der Waals surface area (Å²) in [5.74, 6) is -2.85. The number of nitrogens with zero attached hydrogens (tertiary/aromatic N) is 1. The summed E-state index contributed by atoms with van der Waals surface area (Å²) in [6.07, 6.45) is -4.42. The van der Waals surface area contributed by atoms with Gasteiger partial charge in [-0.3, -0.25) is 9.59 Å². The van der Waals surface area contributed by atoms with E-state index in [4.69, 9.17) is 4.74 Å². The lowest BCUT2D eigenvalue weighted by molar-refractivity contribution is -0.138. The molecule has 0 saturated carbocycles. The molecule has 1 aromatic heterocycles. The first-order valence-electron chi connectivity index (χ1n) is 8.92. The van der Waals surface area contributed by atoms with E-state index < -0.39 is 29.0 Å². The summed E-state index contributed by atoms with van der Waals surface area (Å²) in [6, 6.07) is 2.33. The molecule has 0 radical (unpaired) electrons. The lowest BCUT2D eigenvalue weighted by Gasteiger charge is -2.31. The third-order valence-corrected chi connectivity index (χ3v) is 6.12. The van der Waals surface area contributed by atoms with Crippen molar-refractivity contribution in [2.24, 2.45) is 0 Å². The Labute approximate surface area is 167 Å². The minimum atomic E-state index is -4.90. The van der Waals surface area contributed by atoms with Gasteiger partial charge in [0.1, 0.15) is 10.8 Å². The Morgan fingerprint density at radius 1 is 1.24 bits per heavy atom. The molecule has 1 N–H and O–H groups in total. The van der Waals surface area contributed by atoms with Crippen molar-refractivity contribution in [1.82, 2.24) is 4.90 Å². The smallest absolute Gasteiger partial charge is 0.368 e.